The quantitative estimate of drug-likeness (QED) is 0.691. The predicted octanol–water partition coefficient (Wildman–Crippen LogP) is 1.20. The maximum atomic E-state index is 12.0. The van der Waals surface area contributed by atoms with Gasteiger partial charge in [-0.2, -0.15) is 0 Å². The molecule has 0 saturated carbocycles. The molecule has 0 aromatic rings. The molecule has 1 rings (SSSR count). The Morgan fingerprint density at radius 3 is 2.44 bits per heavy atom. The number of ether oxygens (including phenoxy) is 2. The van der Waals surface area contributed by atoms with Crippen LogP contribution in [-0.2, 0) is 14.3 Å². The number of rotatable bonds is 6. The van der Waals surface area contributed by atoms with E-state index in [-0.39, 0.29) is 6.42 Å². The van der Waals surface area contributed by atoms with E-state index in [9.17, 15) is 9.90 Å². The van der Waals surface area contributed by atoms with Gasteiger partial charge in [0.2, 0.25) is 12.1 Å². The SMILES string of the molecule is CCOC(OCC)C(=O)[C@@]1(O)C=CC=CC1. The Hall–Kier alpha value is -0.970. The van der Waals surface area contributed by atoms with Crippen molar-refractivity contribution in [3.63, 3.8) is 0 Å². The molecule has 0 spiro atoms. The third-order valence-electron chi connectivity index (χ3n) is 2.33. The Balaban J connectivity index is 2.73. The van der Waals surface area contributed by atoms with Gasteiger partial charge in [0.15, 0.2) is 0 Å². The molecule has 90 valence electrons. The van der Waals surface area contributed by atoms with Gasteiger partial charge in [0.05, 0.1) is 0 Å². The number of Topliss-reactive ketones (excluding diaryl/α,β-unsaturated/α-hetero) is 1. The van der Waals surface area contributed by atoms with Crippen LogP contribution in [0.1, 0.15) is 20.3 Å². The van der Waals surface area contributed by atoms with Crippen LogP contribution in [0.15, 0.2) is 24.3 Å². The van der Waals surface area contributed by atoms with Crippen LogP contribution in [-0.4, -0.2) is 36.0 Å². The van der Waals surface area contributed by atoms with Gasteiger partial charge in [-0.15, -0.1) is 0 Å². The Morgan fingerprint density at radius 2 is 2.00 bits per heavy atom. The third kappa shape index (κ3) is 3.01. The lowest BCUT2D eigenvalue weighted by Gasteiger charge is -2.27. The fourth-order valence-electron chi connectivity index (χ4n) is 1.50. The van der Waals surface area contributed by atoms with Gasteiger partial charge in [-0.25, -0.2) is 0 Å². The maximum Gasteiger partial charge on any atom is 0.224 e. The minimum Gasteiger partial charge on any atom is -0.377 e. The molecule has 0 aliphatic heterocycles. The molecule has 0 heterocycles. The minimum absolute atomic E-state index is 0.263. The summed E-state index contributed by atoms with van der Waals surface area (Å²) >= 11 is 0. The Labute approximate surface area is 95.6 Å². The summed E-state index contributed by atoms with van der Waals surface area (Å²) in [6.45, 7) is 4.29. The van der Waals surface area contributed by atoms with E-state index in [0.29, 0.717) is 13.2 Å². The summed E-state index contributed by atoms with van der Waals surface area (Å²) in [4.78, 5) is 12.0. The van der Waals surface area contributed by atoms with Crippen LogP contribution in [0, 0.1) is 0 Å². The highest BCUT2D eigenvalue weighted by atomic mass is 16.7. The van der Waals surface area contributed by atoms with E-state index in [1.165, 1.54) is 6.08 Å². The van der Waals surface area contributed by atoms with Crippen LogP contribution in [0.25, 0.3) is 0 Å². The lowest BCUT2D eigenvalue weighted by atomic mass is 9.90. The number of hydrogen-bond donors (Lipinski definition) is 1. The molecular weight excluding hydrogens is 208 g/mol. The van der Waals surface area contributed by atoms with Crippen LogP contribution >= 0.6 is 0 Å². The van der Waals surface area contributed by atoms with E-state index in [0.717, 1.165) is 0 Å². The molecule has 0 fully saturated rings. The zero-order chi connectivity index (χ0) is 12.0. The third-order valence-corrected chi connectivity index (χ3v) is 2.33. The van der Waals surface area contributed by atoms with Crippen molar-refractivity contribution in [1.29, 1.82) is 0 Å². The van der Waals surface area contributed by atoms with Gasteiger partial charge in [0.25, 0.3) is 0 Å². The molecule has 1 N–H and O–H groups in total. The van der Waals surface area contributed by atoms with Gasteiger partial charge in [-0.05, 0) is 19.9 Å². The lowest BCUT2D eigenvalue weighted by Crippen LogP contribution is -2.46. The second kappa shape index (κ2) is 5.94. The zero-order valence-electron chi connectivity index (χ0n) is 9.68. The fraction of sp³-hybridized carbons (Fsp3) is 0.583. The molecule has 0 radical (unpaired) electrons. The molecule has 4 nitrogen and oxygen atoms in total. The van der Waals surface area contributed by atoms with Crippen molar-refractivity contribution in [3.8, 4) is 0 Å². The Kier molecular flexibility index (Phi) is 4.86. The van der Waals surface area contributed by atoms with Gasteiger partial charge in [0.1, 0.15) is 5.60 Å². The van der Waals surface area contributed by atoms with Crippen molar-refractivity contribution < 1.29 is 19.4 Å². The van der Waals surface area contributed by atoms with Crippen molar-refractivity contribution >= 4 is 5.78 Å². The fourth-order valence-corrected chi connectivity index (χ4v) is 1.50. The highest BCUT2D eigenvalue weighted by molar-refractivity contribution is 5.92. The predicted molar refractivity (Wildman–Crippen MR) is 59.9 cm³/mol. The largest absolute Gasteiger partial charge is 0.377 e. The number of carbonyl (C=O) groups excluding carboxylic acids is 1. The number of aliphatic hydroxyl groups is 1. The summed E-state index contributed by atoms with van der Waals surface area (Å²) in [5.41, 5.74) is -1.50. The number of carbonyl (C=O) groups is 1. The van der Waals surface area contributed by atoms with Crippen molar-refractivity contribution in [1.82, 2.24) is 0 Å². The van der Waals surface area contributed by atoms with Crippen molar-refractivity contribution in [2.24, 2.45) is 0 Å². The first-order valence-electron chi connectivity index (χ1n) is 5.48. The van der Waals surface area contributed by atoms with Crippen LogP contribution in [0.5, 0.6) is 0 Å². The summed E-state index contributed by atoms with van der Waals surface area (Å²) in [7, 11) is 0. The van der Waals surface area contributed by atoms with E-state index in [1.807, 2.05) is 0 Å². The summed E-state index contributed by atoms with van der Waals surface area (Å²) in [6, 6.07) is 0. The topological polar surface area (TPSA) is 55.8 Å². The molecule has 16 heavy (non-hydrogen) atoms. The smallest absolute Gasteiger partial charge is 0.224 e. The summed E-state index contributed by atoms with van der Waals surface area (Å²) in [6.07, 6.45) is 5.93. The summed E-state index contributed by atoms with van der Waals surface area (Å²) in [5.74, 6) is -0.447. The molecule has 1 atom stereocenters. The second-order valence-electron chi connectivity index (χ2n) is 3.52. The van der Waals surface area contributed by atoms with E-state index >= 15 is 0 Å². The normalized spacial score (nSPS) is 24.0. The number of allylic oxidation sites excluding steroid dienone is 2. The standard InChI is InChI=1S/C12H18O4/c1-3-15-11(16-4-2)10(13)12(14)8-6-5-7-9-12/h5-8,11,14H,3-4,9H2,1-2H3/t12-/m1/s1. The zero-order valence-corrected chi connectivity index (χ0v) is 9.68. The summed E-state index contributed by atoms with van der Waals surface area (Å²) in [5, 5.41) is 10.1. The Morgan fingerprint density at radius 1 is 1.38 bits per heavy atom. The molecule has 0 aromatic heterocycles. The average molecular weight is 226 g/mol. The number of hydrogen-bond acceptors (Lipinski definition) is 4. The highest BCUT2D eigenvalue weighted by Gasteiger charge is 2.38. The first kappa shape index (κ1) is 13.1. The first-order chi connectivity index (χ1) is 7.64. The number of ketones is 1. The first-order valence-corrected chi connectivity index (χ1v) is 5.48. The van der Waals surface area contributed by atoms with Crippen LogP contribution in [0.2, 0.25) is 0 Å². The molecule has 0 saturated heterocycles. The summed E-state index contributed by atoms with van der Waals surface area (Å²) < 4.78 is 10.3. The molecule has 1 aliphatic carbocycles. The van der Waals surface area contributed by atoms with Gasteiger partial charge in [-0.3, -0.25) is 4.79 Å². The monoisotopic (exact) mass is 226 g/mol. The molecule has 0 amide bonds. The molecule has 0 bridgehead atoms. The van der Waals surface area contributed by atoms with Crippen molar-refractivity contribution in [2.45, 2.75) is 32.2 Å². The van der Waals surface area contributed by atoms with Crippen LogP contribution in [0.3, 0.4) is 0 Å². The minimum atomic E-state index is -1.50. The van der Waals surface area contributed by atoms with Gasteiger partial charge in [-0.1, -0.05) is 18.2 Å². The lowest BCUT2D eigenvalue weighted by molar-refractivity contribution is -0.180. The molecule has 1 aliphatic rings. The van der Waals surface area contributed by atoms with Gasteiger partial charge >= 0.3 is 0 Å². The Bertz CT molecular complexity index is 289. The van der Waals surface area contributed by atoms with E-state index in [1.54, 1.807) is 32.1 Å². The van der Waals surface area contributed by atoms with E-state index in [2.05, 4.69) is 0 Å². The van der Waals surface area contributed by atoms with Crippen molar-refractivity contribution in [2.75, 3.05) is 13.2 Å². The van der Waals surface area contributed by atoms with Crippen LogP contribution < -0.4 is 0 Å². The molecule has 0 aromatic carbocycles. The van der Waals surface area contributed by atoms with Gasteiger partial charge < -0.3 is 14.6 Å². The highest BCUT2D eigenvalue weighted by Crippen LogP contribution is 2.21. The molecule has 4 heteroatoms. The second-order valence-corrected chi connectivity index (χ2v) is 3.52. The van der Waals surface area contributed by atoms with Crippen molar-refractivity contribution in [3.05, 3.63) is 24.3 Å². The van der Waals surface area contributed by atoms with Gasteiger partial charge in [0, 0.05) is 19.6 Å². The van der Waals surface area contributed by atoms with E-state index < -0.39 is 17.7 Å². The average Bonchev–Trinajstić information content (AvgIpc) is 2.29. The maximum absolute atomic E-state index is 12.0. The molecular formula is C12H18O4. The van der Waals surface area contributed by atoms with Crippen LogP contribution in [0.4, 0.5) is 0 Å². The molecule has 0 unspecified atom stereocenters. The van der Waals surface area contributed by atoms with E-state index in [4.69, 9.17) is 9.47 Å².